The molecule has 0 N–H and O–H groups in total. The topological polar surface area (TPSA) is 63.0 Å². The summed E-state index contributed by atoms with van der Waals surface area (Å²) >= 11 is 13.4. The molecular weight excluding hydrogens is 421 g/mol. The molecule has 7 nitrogen and oxygen atoms in total. The van der Waals surface area contributed by atoms with E-state index in [-0.39, 0.29) is 5.15 Å². The first-order chi connectivity index (χ1) is 13.5. The number of nitrogens with zero attached hydrogens (tertiary/aromatic N) is 5. The highest BCUT2D eigenvalue weighted by Crippen LogP contribution is 2.31. The molecule has 0 atom stereocenters. The van der Waals surface area contributed by atoms with Crippen LogP contribution in [0.1, 0.15) is 21.8 Å². The fraction of sp³-hybridized carbons (Fsp3) is 0.389. The molecule has 0 aromatic carbocycles. The zero-order valence-corrected chi connectivity index (χ0v) is 17.6. The number of hydrogen-bond acceptors (Lipinski definition) is 7. The molecule has 1 aliphatic heterocycles. The summed E-state index contributed by atoms with van der Waals surface area (Å²) < 4.78 is 6.71. The summed E-state index contributed by atoms with van der Waals surface area (Å²) in [4.78, 5) is 25.7. The van der Waals surface area contributed by atoms with Crippen molar-refractivity contribution in [2.45, 2.75) is 13.0 Å². The van der Waals surface area contributed by atoms with Crippen molar-refractivity contribution in [1.29, 1.82) is 0 Å². The van der Waals surface area contributed by atoms with Crippen LogP contribution in [0, 0.1) is 0 Å². The third kappa shape index (κ3) is 4.10. The Labute approximate surface area is 176 Å². The van der Waals surface area contributed by atoms with Crippen molar-refractivity contribution in [3.63, 3.8) is 0 Å². The van der Waals surface area contributed by atoms with Crippen LogP contribution in [0.4, 0.5) is 5.13 Å². The van der Waals surface area contributed by atoms with Crippen LogP contribution < -0.4 is 4.90 Å². The zero-order valence-electron chi connectivity index (χ0n) is 15.3. The molecule has 10 heteroatoms. The van der Waals surface area contributed by atoms with Crippen LogP contribution >= 0.6 is 34.5 Å². The lowest BCUT2D eigenvalue weighted by molar-refractivity contribution is 0.0606. The maximum Gasteiger partial charge on any atom is 0.351 e. The van der Waals surface area contributed by atoms with Gasteiger partial charge in [0.1, 0.15) is 5.65 Å². The molecule has 0 aliphatic carbocycles. The molecule has 1 fully saturated rings. The van der Waals surface area contributed by atoms with Crippen molar-refractivity contribution in [2.75, 3.05) is 38.2 Å². The van der Waals surface area contributed by atoms with Gasteiger partial charge in [0, 0.05) is 45.1 Å². The van der Waals surface area contributed by atoms with Gasteiger partial charge in [0.2, 0.25) is 0 Å². The first-order valence-electron chi connectivity index (χ1n) is 8.88. The van der Waals surface area contributed by atoms with Crippen LogP contribution in [0.5, 0.6) is 0 Å². The highest BCUT2D eigenvalue weighted by Gasteiger charge is 2.23. The minimum absolute atomic E-state index is 0.205. The lowest BCUT2D eigenvalue weighted by Gasteiger charge is -2.20. The summed E-state index contributed by atoms with van der Waals surface area (Å²) in [6.07, 6.45) is 4.87. The van der Waals surface area contributed by atoms with Gasteiger partial charge in [0.15, 0.2) is 15.2 Å². The van der Waals surface area contributed by atoms with Crippen LogP contribution in [-0.4, -0.2) is 58.5 Å². The number of aromatic nitrogens is 3. The van der Waals surface area contributed by atoms with E-state index in [0.29, 0.717) is 9.90 Å². The van der Waals surface area contributed by atoms with Gasteiger partial charge in [-0.15, -0.1) is 0 Å². The summed E-state index contributed by atoms with van der Waals surface area (Å²) in [6.45, 7) is 4.29. The zero-order chi connectivity index (χ0) is 19.7. The van der Waals surface area contributed by atoms with E-state index in [1.165, 1.54) is 18.4 Å². The number of imidazole rings is 1. The van der Waals surface area contributed by atoms with Crippen LogP contribution in [-0.2, 0) is 11.3 Å². The maximum absolute atomic E-state index is 11.8. The molecule has 0 radical (unpaired) electrons. The van der Waals surface area contributed by atoms with Crippen molar-refractivity contribution < 1.29 is 9.53 Å². The lowest BCUT2D eigenvalue weighted by Crippen LogP contribution is -2.30. The quantitative estimate of drug-likeness (QED) is 0.578. The van der Waals surface area contributed by atoms with Gasteiger partial charge < -0.3 is 14.0 Å². The average molecular weight is 440 g/mol. The first-order valence-corrected chi connectivity index (χ1v) is 10.5. The van der Waals surface area contributed by atoms with Crippen molar-refractivity contribution in [3.8, 4) is 0 Å². The van der Waals surface area contributed by atoms with E-state index in [1.807, 2.05) is 28.9 Å². The Morgan fingerprint density at radius 3 is 2.86 bits per heavy atom. The number of carbonyl (C=O) groups is 1. The maximum atomic E-state index is 11.8. The number of ether oxygens (including phenoxy) is 1. The predicted molar refractivity (Wildman–Crippen MR) is 111 cm³/mol. The number of pyridine rings is 1. The molecule has 1 saturated heterocycles. The molecule has 0 amide bonds. The van der Waals surface area contributed by atoms with Gasteiger partial charge in [-0.3, -0.25) is 4.90 Å². The smallest absolute Gasteiger partial charge is 0.351 e. The van der Waals surface area contributed by atoms with Gasteiger partial charge in [-0.1, -0.05) is 34.5 Å². The summed E-state index contributed by atoms with van der Waals surface area (Å²) in [6, 6.07) is 3.76. The Morgan fingerprint density at radius 2 is 2.04 bits per heavy atom. The molecule has 1 aliphatic rings. The molecule has 4 heterocycles. The van der Waals surface area contributed by atoms with Crippen LogP contribution in [0.2, 0.25) is 10.2 Å². The lowest BCUT2D eigenvalue weighted by atomic mass is 10.3. The van der Waals surface area contributed by atoms with Crippen molar-refractivity contribution in [2.24, 2.45) is 0 Å². The Kier molecular flexibility index (Phi) is 5.73. The van der Waals surface area contributed by atoms with Crippen molar-refractivity contribution >= 4 is 51.3 Å². The van der Waals surface area contributed by atoms with E-state index < -0.39 is 5.97 Å². The summed E-state index contributed by atoms with van der Waals surface area (Å²) in [7, 11) is 1.34. The number of rotatable bonds is 4. The number of hydrogen-bond donors (Lipinski definition) is 0. The minimum Gasteiger partial charge on any atom is -0.465 e. The average Bonchev–Trinajstić information content (AvgIpc) is 3.17. The highest BCUT2D eigenvalue weighted by molar-refractivity contribution is 7.18. The number of esters is 1. The number of halogens is 2. The van der Waals surface area contributed by atoms with Gasteiger partial charge in [0.05, 0.1) is 17.8 Å². The highest BCUT2D eigenvalue weighted by atomic mass is 35.5. The van der Waals surface area contributed by atoms with Gasteiger partial charge in [-0.2, -0.15) is 0 Å². The van der Waals surface area contributed by atoms with E-state index in [4.69, 9.17) is 27.9 Å². The molecule has 0 unspecified atom stereocenters. The number of thiazole rings is 1. The number of fused-ring (bicyclic) bond motifs is 1. The molecule has 0 saturated carbocycles. The van der Waals surface area contributed by atoms with Crippen LogP contribution in [0.25, 0.3) is 5.65 Å². The third-order valence-electron chi connectivity index (χ3n) is 4.65. The summed E-state index contributed by atoms with van der Waals surface area (Å²) in [5, 5.41) is 1.65. The Balaban J connectivity index is 1.42. The number of carbonyl (C=O) groups excluding carboxylic acids is 1. The SMILES string of the molecule is COC(=O)c1sc(N2CCCN(Cc3cn4cc(Cl)ccc4n3)CC2)nc1Cl. The molecular formula is C18H19Cl2N5O2S. The van der Waals surface area contributed by atoms with E-state index in [1.54, 1.807) is 0 Å². The summed E-state index contributed by atoms with van der Waals surface area (Å²) in [5.74, 6) is -0.447. The van der Waals surface area contributed by atoms with Crippen molar-refractivity contribution in [3.05, 3.63) is 45.3 Å². The second-order valence-corrected chi connectivity index (χ2v) is 8.34. The standard InChI is InChI=1S/C18H19Cl2N5O2S/c1-27-17(26)15-16(20)22-18(28-15)24-6-2-5-23(7-8-24)10-13-11-25-9-12(19)3-4-14(25)21-13/h3-4,9,11H,2,5-8,10H2,1H3. The second-order valence-electron chi connectivity index (χ2n) is 6.57. The van der Waals surface area contributed by atoms with Gasteiger partial charge >= 0.3 is 5.97 Å². The van der Waals surface area contributed by atoms with E-state index in [0.717, 1.165) is 55.6 Å². The van der Waals surface area contributed by atoms with E-state index in [9.17, 15) is 4.79 Å². The van der Waals surface area contributed by atoms with Crippen LogP contribution in [0.15, 0.2) is 24.5 Å². The monoisotopic (exact) mass is 439 g/mol. The number of methoxy groups -OCH3 is 1. The fourth-order valence-electron chi connectivity index (χ4n) is 3.29. The van der Waals surface area contributed by atoms with E-state index in [2.05, 4.69) is 19.8 Å². The Morgan fingerprint density at radius 1 is 1.18 bits per heavy atom. The normalized spacial score (nSPS) is 15.8. The predicted octanol–water partition coefficient (Wildman–Crippen LogP) is 3.60. The summed E-state index contributed by atoms with van der Waals surface area (Å²) in [5.41, 5.74) is 1.91. The molecule has 3 aromatic heterocycles. The largest absolute Gasteiger partial charge is 0.465 e. The Hall–Kier alpha value is -1.87. The first kappa shape index (κ1) is 19.4. The second kappa shape index (κ2) is 8.24. The molecule has 3 aromatic rings. The minimum atomic E-state index is -0.447. The van der Waals surface area contributed by atoms with Crippen molar-refractivity contribution in [1.82, 2.24) is 19.3 Å². The molecule has 4 rings (SSSR count). The molecule has 0 spiro atoms. The Bertz CT molecular complexity index is 1010. The molecule has 28 heavy (non-hydrogen) atoms. The van der Waals surface area contributed by atoms with Gasteiger partial charge in [-0.25, -0.2) is 14.8 Å². The van der Waals surface area contributed by atoms with E-state index >= 15 is 0 Å². The molecule has 148 valence electrons. The third-order valence-corrected chi connectivity index (χ3v) is 6.36. The van der Waals surface area contributed by atoms with Gasteiger partial charge in [-0.05, 0) is 18.6 Å². The fourth-order valence-corrected chi connectivity index (χ4v) is 4.71. The van der Waals surface area contributed by atoms with Crippen LogP contribution in [0.3, 0.4) is 0 Å². The molecule has 0 bridgehead atoms. The van der Waals surface area contributed by atoms with Gasteiger partial charge in [0.25, 0.3) is 0 Å². The number of anilines is 1.